The van der Waals surface area contributed by atoms with Crippen molar-refractivity contribution in [2.45, 2.75) is 0 Å². The van der Waals surface area contributed by atoms with Crippen LogP contribution in [0.15, 0.2) is 26.9 Å². The van der Waals surface area contributed by atoms with Crippen molar-refractivity contribution in [3.8, 4) is 0 Å². The smallest absolute Gasteiger partial charge is 0.127 e. The number of allylic oxidation sites excluding steroid dienone is 3. The van der Waals surface area contributed by atoms with E-state index < -0.39 is 0 Å². The molecule has 0 aromatic carbocycles. The van der Waals surface area contributed by atoms with Crippen molar-refractivity contribution in [1.29, 1.82) is 5.41 Å². The SMILES string of the molecule is N=C1NN=C2C=C(I)C=CC12. The zero-order chi connectivity index (χ0) is 7.84. The van der Waals surface area contributed by atoms with Crippen LogP contribution in [0.25, 0.3) is 0 Å². The van der Waals surface area contributed by atoms with Gasteiger partial charge in [0.1, 0.15) is 5.84 Å². The Kier molecular flexibility index (Phi) is 1.56. The van der Waals surface area contributed by atoms with Gasteiger partial charge in [-0.3, -0.25) is 10.8 Å². The summed E-state index contributed by atoms with van der Waals surface area (Å²) in [7, 11) is 0. The van der Waals surface area contributed by atoms with E-state index in [1.807, 2.05) is 18.2 Å². The van der Waals surface area contributed by atoms with Gasteiger partial charge in [0.25, 0.3) is 0 Å². The fourth-order valence-electron chi connectivity index (χ4n) is 1.11. The molecule has 4 heteroatoms. The van der Waals surface area contributed by atoms with Gasteiger partial charge in [0.05, 0.1) is 11.6 Å². The van der Waals surface area contributed by atoms with Gasteiger partial charge in [-0.15, -0.1) is 0 Å². The third-order valence-corrected chi connectivity index (χ3v) is 2.34. The lowest BCUT2D eigenvalue weighted by atomic mass is 9.99. The first kappa shape index (κ1) is 7.02. The van der Waals surface area contributed by atoms with Crippen molar-refractivity contribution in [3.63, 3.8) is 0 Å². The Morgan fingerprint density at radius 1 is 1.64 bits per heavy atom. The number of nitrogens with one attached hydrogen (secondary N) is 2. The van der Waals surface area contributed by atoms with Gasteiger partial charge < -0.3 is 0 Å². The van der Waals surface area contributed by atoms with Crippen LogP contribution < -0.4 is 5.43 Å². The summed E-state index contributed by atoms with van der Waals surface area (Å²) in [5.74, 6) is 0.546. The summed E-state index contributed by atoms with van der Waals surface area (Å²) in [5, 5.41) is 11.4. The van der Waals surface area contributed by atoms with E-state index in [0.29, 0.717) is 5.84 Å². The van der Waals surface area contributed by atoms with E-state index >= 15 is 0 Å². The number of hydrogen-bond donors (Lipinski definition) is 2. The molecule has 0 saturated heterocycles. The first-order valence-corrected chi connectivity index (χ1v) is 4.32. The molecule has 11 heavy (non-hydrogen) atoms. The number of nitrogens with zero attached hydrogens (tertiary/aromatic N) is 1. The van der Waals surface area contributed by atoms with Gasteiger partial charge in [0, 0.05) is 3.58 Å². The number of hydrogen-bond acceptors (Lipinski definition) is 2. The zero-order valence-corrected chi connectivity index (χ0v) is 7.79. The molecule has 0 spiro atoms. The van der Waals surface area contributed by atoms with Crippen molar-refractivity contribution >= 4 is 34.1 Å². The molecule has 2 N–H and O–H groups in total. The van der Waals surface area contributed by atoms with E-state index in [-0.39, 0.29) is 5.92 Å². The molecule has 0 aromatic rings. The van der Waals surface area contributed by atoms with Gasteiger partial charge in [-0.1, -0.05) is 12.2 Å². The first-order chi connectivity index (χ1) is 5.27. The number of amidine groups is 1. The molecular weight excluding hydrogens is 253 g/mol. The Morgan fingerprint density at radius 2 is 2.45 bits per heavy atom. The van der Waals surface area contributed by atoms with Crippen LogP contribution in [0.4, 0.5) is 0 Å². The van der Waals surface area contributed by atoms with E-state index in [9.17, 15) is 0 Å². The highest BCUT2D eigenvalue weighted by molar-refractivity contribution is 14.1. The van der Waals surface area contributed by atoms with Crippen molar-refractivity contribution in [2.75, 3.05) is 0 Å². The fourth-order valence-corrected chi connectivity index (χ4v) is 1.63. The van der Waals surface area contributed by atoms with Crippen molar-refractivity contribution < 1.29 is 0 Å². The maximum atomic E-state index is 7.43. The molecule has 0 aromatic heterocycles. The Morgan fingerprint density at radius 3 is 3.27 bits per heavy atom. The summed E-state index contributed by atoms with van der Waals surface area (Å²) in [6.45, 7) is 0. The summed E-state index contributed by atoms with van der Waals surface area (Å²) >= 11 is 2.24. The average Bonchev–Trinajstić information content (AvgIpc) is 2.32. The molecule has 1 aliphatic carbocycles. The fraction of sp³-hybridized carbons (Fsp3) is 0.143. The lowest BCUT2D eigenvalue weighted by molar-refractivity contribution is 1.02. The second-order valence-corrected chi connectivity index (χ2v) is 3.67. The van der Waals surface area contributed by atoms with Crippen LogP contribution in [-0.2, 0) is 0 Å². The molecule has 1 atom stereocenters. The van der Waals surface area contributed by atoms with Crippen LogP contribution in [0.3, 0.4) is 0 Å². The standard InChI is InChI=1S/C7H6IN3/c8-4-1-2-5-6(3-4)10-11-7(5)9/h1-3,5H,(H2,9,11). The summed E-state index contributed by atoms with van der Waals surface area (Å²) in [6, 6.07) is 0. The number of rotatable bonds is 0. The monoisotopic (exact) mass is 259 g/mol. The van der Waals surface area contributed by atoms with Crippen LogP contribution in [0.1, 0.15) is 0 Å². The van der Waals surface area contributed by atoms with Gasteiger partial charge in [-0.25, -0.2) is 0 Å². The van der Waals surface area contributed by atoms with Crippen LogP contribution in [0.5, 0.6) is 0 Å². The Hall–Kier alpha value is -0.650. The largest absolute Gasteiger partial charge is 0.286 e. The predicted octanol–water partition coefficient (Wildman–Crippen LogP) is 1.43. The Balaban J connectivity index is 2.38. The molecule has 0 bridgehead atoms. The molecule has 56 valence electrons. The third-order valence-electron chi connectivity index (χ3n) is 1.67. The lowest BCUT2D eigenvalue weighted by Gasteiger charge is -2.07. The van der Waals surface area contributed by atoms with Crippen LogP contribution in [0, 0.1) is 11.3 Å². The topological polar surface area (TPSA) is 48.2 Å². The van der Waals surface area contributed by atoms with Crippen LogP contribution >= 0.6 is 22.6 Å². The van der Waals surface area contributed by atoms with E-state index in [2.05, 4.69) is 33.1 Å². The summed E-state index contributed by atoms with van der Waals surface area (Å²) in [4.78, 5) is 0. The minimum atomic E-state index is 0.0773. The molecule has 1 unspecified atom stereocenters. The predicted molar refractivity (Wildman–Crippen MR) is 53.0 cm³/mol. The maximum absolute atomic E-state index is 7.43. The molecule has 0 radical (unpaired) electrons. The van der Waals surface area contributed by atoms with Crippen LogP contribution in [-0.4, -0.2) is 11.5 Å². The molecule has 1 aliphatic heterocycles. The van der Waals surface area contributed by atoms with E-state index in [0.717, 1.165) is 9.29 Å². The molecular formula is C7H6IN3. The zero-order valence-electron chi connectivity index (χ0n) is 5.63. The van der Waals surface area contributed by atoms with E-state index in [1.54, 1.807) is 0 Å². The van der Waals surface area contributed by atoms with Crippen molar-refractivity contribution in [1.82, 2.24) is 5.43 Å². The quantitative estimate of drug-likeness (QED) is 0.635. The molecule has 0 amide bonds. The molecule has 3 nitrogen and oxygen atoms in total. The molecule has 2 rings (SSSR count). The minimum absolute atomic E-state index is 0.0773. The average molecular weight is 259 g/mol. The molecule has 0 fully saturated rings. The van der Waals surface area contributed by atoms with Gasteiger partial charge >= 0.3 is 0 Å². The Labute approximate surface area is 77.9 Å². The number of halogens is 1. The normalized spacial score (nSPS) is 27.4. The summed E-state index contributed by atoms with van der Waals surface area (Å²) < 4.78 is 1.16. The van der Waals surface area contributed by atoms with E-state index in [4.69, 9.17) is 5.41 Å². The second kappa shape index (κ2) is 2.44. The number of fused-ring (bicyclic) bond motifs is 1. The lowest BCUT2D eigenvalue weighted by Crippen LogP contribution is -2.20. The molecule has 2 aliphatic rings. The maximum Gasteiger partial charge on any atom is 0.127 e. The Bertz CT molecular complexity index is 301. The van der Waals surface area contributed by atoms with Gasteiger partial charge in [-0.2, -0.15) is 5.10 Å². The highest BCUT2D eigenvalue weighted by atomic mass is 127. The van der Waals surface area contributed by atoms with Crippen LogP contribution in [0.2, 0.25) is 0 Å². The van der Waals surface area contributed by atoms with Gasteiger partial charge in [0.2, 0.25) is 0 Å². The highest BCUT2D eigenvalue weighted by Crippen LogP contribution is 2.21. The molecule has 1 heterocycles. The van der Waals surface area contributed by atoms with Crippen molar-refractivity contribution in [2.24, 2.45) is 11.0 Å². The minimum Gasteiger partial charge on any atom is -0.286 e. The molecule has 0 saturated carbocycles. The number of hydrazone groups is 1. The van der Waals surface area contributed by atoms with Gasteiger partial charge in [0.15, 0.2) is 0 Å². The van der Waals surface area contributed by atoms with E-state index in [1.165, 1.54) is 0 Å². The van der Waals surface area contributed by atoms with Gasteiger partial charge in [-0.05, 0) is 28.7 Å². The third kappa shape index (κ3) is 1.11. The van der Waals surface area contributed by atoms with Crippen molar-refractivity contribution in [3.05, 3.63) is 21.8 Å². The first-order valence-electron chi connectivity index (χ1n) is 3.25. The summed E-state index contributed by atoms with van der Waals surface area (Å²) in [6.07, 6.45) is 5.98. The highest BCUT2D eigenvalue weighted by Gasteiger charge is 2.24. The second-order valence-electron chi connectivity index (χ2n) is 2.43. The summed E-state index contributed by atoms with van der Waals surface area (Å²) in [5.41, 5.74) is 3.60.